The zero-order chi connectivity index (χ0) is 15.1. The molecule has 0 radical (unpaired) electrons. The number of pyridine rings is 1. The van der Waals surface area contributed by atoms with E-state index in [1.54, 1.807) is 12.1 Å². The van der Waals surface area contributed by atoms with E-state index in [9.17, 15) is 4.79 Å². The van der Waals surface area contributed by atoms with E-state index in [0.717, 1.165) is 22.5 Å². The van der Waals surface area contributed by atoms with Crippen molar-refractivity contribution in [3.05, 3.63) is 53.3 Å². The average molecular weight is 280 g/mol. The molecule has 1 aromatic carbocycles. The highest BCUT2D eigenvalue weighted by molar-refractivity contribution is 5.99. The Balaban J connectivity index is 2.29. The van der Waals surface area contributed by atoms with Crippen molar-refractivity contribution in [3.63, 3.8) is 0 Å². The second kappa shape index (κ2) is 4.74. The Bertz CT molecular complexity index is 845. The van der Waals surface area contributed by atoms with Gasteiger partial charge in [0, 0.05) is 35.4 Å². The molecule has 0 unspecified atom stereocenters. The summed E-state index contributed by atoms with van der Waals surface area (Å²) < 4.78 is 2.14. The van der Waals surface area contributed by atoms with Gasteiger partial charge in [0.05, 0.1) is 11.3 Å². The first kappa shape index (κ1) is 13.4. The van der Waals surface area contributed by atoms with Crippen LogP contribution in [0.2, 0.25) is 0 Å². The Hall–Kier alpha value is -2.62. The Kier molecular flexibility index (Phi) is 3.01. The predicted octanol–water partition coefficient (Wildman–Crippen LogP) is 3.56. The standard InChI is InChI=1S/C17H16N2O2/c1-10-5-4-6-14-15(10)16(11(2)19(14)3)13-8-7-12(9-18-13)17(20)21/h4-9H,1-3H3,(H,20,21). The largest absolute Gasteiger partial charge is 0.478 e. The van der Waals surface area contributed by atoms with Gasteiger partial charge in [0.2, 0.25) is 0 Å². The topological polar surface area (TPSA) is 55.1 Å². The fourth-order valence-electron chi connectivity index (χ4n) is 2.77. The molecule has 21 heavy (non-hydrogen) atoms. The Labute approximate surface area is 122 Å². The smallest absolute Gasteiger partial charge is 0.337 e. The molecule has 4 nitrogen and oxygen atoms in total. The minimum Gasteiger partial charge on any atom is -0.478 e. The molecule has 4 heteroatoms. The summed E-state index contributed by atoms with van der Waals surface area (Å²) in [7, 11) is 2.03. The van der Waals surface area contributed by atoms with Gasteiger partial charge in [0.25, 0.3) is 0 Å². The number of rotatable bonds is 2. The molecule has 1 N–H and O–H groups in total. The number of hydrogen-bond donors (Lipinski definition) is 1. The molecule has 0 aliphatic rings. The number of carboxylic acid groups (broad SMARTS) is 1. The van der Waals surface area contributed by atoms with E-state index < -0.39 is 5.97 Å². The van der Waals surface area contributed by atoms with Gasteiger partial charge in [-0.1, -0.05) is 12.1 Å². The average Bonchev–Trinajstić information content (AvgIpc) is 2.73. The second-order valence-corrected chi connectivity index (χ2v) is 5.23. The van der Waals surface area contributed by atoms with Crippen molar-refractivity contribution in [1.29, 1.82) is 0 Å². The number of aryl methyl sites for hydroxylation is 2. The maximum absolute atomic E-state index is 10.9. The highest BCUT2D eigenvalue weighted by Crippen LogP contribution is 2.34. The molecule has 2 heterocycles. The van der Waals surface area contributed by atoms with Crippen LogP contribution in [0.1, 0.15) is 21.6 Å². The lowest BCUT2D eigenvalue weighted by atomic mass is 10.0. The van der Waals surface area contributed by atoms with Crippen LogP contribution in [0.5, 0.6) is 0 Å². The normalized spacial score (nSPS) is 11.0. The predicted molar refractivity (Wildman–Crippen MR) is 82.6 cm³/mol. The summed E-state index contributed by atoms with van der Waals surface area (Å²) in [6, 6.07) is 9.59. The third kappa shape index (κ3) is 2.00. The third-order valence-electron chi connectivity index (χ3n) is 3.99. The molecule has 0 bridgehead atoms. The molecule has 0 saturated heterocycles. The lowest BCUT2D eigenvalue weighted by Crippen LogP contribution is -1.97. The van der Waals surface area contributed by atoms with Gasteiger partial charge in [-0.15, -0.1) is 0 Å². The van der Waals surface area contributed by atoms with Crippen LogP contribution in [-0.4, -0.2) is 20.6 Å². The summed E-state index contributed by atoms with van der Waals surface area (Å²) >= 11 is 0. The molecular formula is C17H16N2O2. The molecule has 0 spiro atoms. The lowest BCUT2D eigenvalue weighted by Gasteiger charge is -2.04. The van der Waals surface area contributed by atoms with E-state index in [1.165, 1.54) is 17.1 Å². The van der Waals surface area contributed by atoms with Crippen molar-refractivity contribution < 1.29 is 9.90 Å². The maximum atomic E-state index is 10.9. The number of aromatic nitrogens is 2. The second-order valence-electron chi connectivity index (χ2n) is 5.23. The zero-order valence-corrected chi connectivity index (χ0v) is 12.2. The van der Waals surface area contributed by atoms with E-state index in [0.29, 0.717) is 0 Å². The SMILES string of the molecule is Cc1cccc2c1c(-c1ccc(C(=O)O)cn1)c(C)n2C. The molecule has 0 aliphatic carbocycles. The van der Waals surface area contributed by atoms with E-state index in [2.05, 4.69) is 35.5 Å². The van der Waals surface area contributed by atoms with Gasteiger partial charge in [0.15, 0.2) is 0 Å². The molecular weight excluding hydrogens is 264 g/mol. The van der Waals surface area contributed by atoms with Crippen LogP contribution >= 0.6 is 0 Å². The number of benzene rings is 1. The number of aromatic carboxylic acids is 1. The van der Waals surface area contributed by atoms with Crippen molar-refractivity contribution in [1.82, 2.24) is 9.55 Å². The maximum Gasteiger partial charge on any atom is 0.337 e. The molecule has 0 amide bonds. The van der Waals surface area contributed by atoms with Gasteiger partial charge < -0.3 is 9.67 Å². The van der Waals surface area contributed by atoms with Gasteiger partial charge in [-0.3, -0.25) is 4.98 Å². The van der Waals surface area contributed by atoms with Crippen molar-refractivity contribution in [3.8, 4) is 11.3 Å². The first-order valence-corrected chi connectivity index (χ1v) is 6.75. The fourth-order valence-corrected chi connectivity index (χ4v) is 2.77. The number of hydrogen-bond acceptors (Lipinski definition) is 2. The number of fused-ring (bicyclic) bond motifs is 1. The molecule has 0 aliphatic heterocycles. The Morgan fingerprint density at radius 1 is 1.19 bits per heavy atom. The molecule has 0 atom stereocenters. The number of carbonyl (C=O) groups is 1. The van der Waals surface area contributed by atoms with Crippen molar-refractivity contribution in [2.24, 2.45) is 7.05 Å². The van der Waals surface area contributed by atoms with E-state index in [-0.39, 0.29) is 5.56 Å². The minimum absolute atomic E-state index is 0.202. The monoisotopic (exact) mass is 280 g/mol. The summed E-state index contributed by atoms with van der Waals surface area (Å²) in [6.07, 6.45) is 1.41. The summed E-state index contributed by atoms with van der Waals surface area (Å²) in [5.41, 5.74) is 5.55. The first-order chi connectivity index (χ1) is 10.0. The van der Waals surface area contributed by atoms with Crippen LogP contribution in [0.25, 0.3) is 22.2 Å². The van der Waals surface area contributed by atoms with Gasteiger partial charge in [-0.2, -0.15) is 0 Å². The van der Waals surface area contributed by atoms with Crippen molar-refractivity contribution in [2.45, 2.75) is 13.8 Å². The van der Waals surface area contributed by atoms with Gasteiger partial charge >= 0.3 is 5.97 Å². The molecule has 2 aromatic heterocycles. The van der Waals surface area contributed by atoms with Crippen molar-refractivity contribution >= 4 is 16.9 Å². The molecule has 0 fully saturated rings. The van der Waals surface area contributed by atoms with Crippen LogP contribution < -0.4 is 0 Å². The van der Waals surface area contributed by atoms with E-state index in [4.69, 9.17) is 5.11 Å². The highest BCUT2D eigenvalue weighted by Gasteiger charge is 2.16. The van der Waals surface area contributed by atoms with Gasteiger partial charge in [0.1, 0.15) is 0 Å². The highest BCUT2D eigenvalue weighted by atomic mass is 16.4. The first-order valence-electron chi connectivity index (χ1n) is 6.75. The van der Waals surface area contributed by atoms with Gasteiger partial charge in [-0.25, -0.2) is 4.79 Å². The summed E-state index contributed by atoms with van der Waals surface area (Å²) in [5.74, 6) is -0.958. The number of nitrogens with zero attached hydrogens (tertiary/aromatic N) is 2. The quantitative estimate of drug-likeness (QED) is 0.781. The molecule has 3 rings (SSSR count). The number of carboxylic acids is 1. The van der Waals surface area contributed by atoms with Crippen LogP contribution in [0.4, 0.5) is 0 Å². The van der Waals surface area contributed by atoms with E-state index in [1.807, 2.05) is 13.1 Å². The molecule has 0 saturated carbocycles. The van der Waals surface area contributed by atoms with Crippen LogP contribution in [-0.2, 0) is 7.05 Å². The summed E-state index contributed by atoms with van der Waals surface area (Å²) in [5, 5.41) is 10.2. The Morgan fingerprint density at radius 3 is 2.57 bits per heavy atom. The van der Waals surface area contributed by atoms with Gasteiger partial charge in [-0.05, 0) is 37.6 Å². The molecule has 3 aromatic rings. The van der Waals surface area contributed by atoms with Crippen LogP contribution in [0, 0.1) is 13.8 Å². The Morgan fingerprint density at radius 2 is 1.95 bits per heavy atom. The molecule has 106 valence electrons. The van der Waals surface area contributed by atoms with Crippen molar-refractivity contribution in [2.75, 3.05) is 0 Å². The van der Waals surface area contributed by atoms with Crippen LogP contribution in [0.3, 0.4) is 0 Å². The summed E-state index contributed by atoms with van der Waals surface area (Å²) in [6.45, 7) is 4.14. The third-order valence-corrected chi connectivity index (χ3v) is 3.99. The fraction of sp³-hybridized carbons (Fsp3) is 0.176. The summed E-state index contributed by atoms with van der Waals surface area (Å²) in [4.78, 5) is 15.3. The zero-order valence-electron chi connectivity index (χ0n) is 12.2. The lowest BCUT2D eigenvalue weighted by molar-refractivity contribution is 0.0696. The van der Waals surface area contributed by atoms with Crippen LogP contribution in [0.15, 0.2) is 36.5 Å². The minimum atomic E-state index is -0.958. The van der Waals surface area contributed by atoms with E-state index >= 15 is 0 Å².